The molecule has 22 heavy (non-hydrogen) atoms. The summed E-state index contributed by atoms with van der Waals surface area (Å²) in [5.41, 5.74) is 0. The van der Waals surface area contributed by atoms with Crippen molar-refractivity contribution >= 4 is 11.7 Å². The molecule has 0 saturated heterocycles. The number of carbonyl (C=O) groups is 2. The van der Waals surface area contributed by atoms with Crippen LogP contribution in [0.1, 0.15) is 64.7 Å². The van der Waals surface area contributed by atoms with E-state index in [4.69, 9.17) is 0 Å². The fourth-order valence-electron chi connectivity index (χ4n) is 6.05. The Bertz CT molecular complexity index is 458. The quantitative estimate of drug-likeness (QED) is 0.869. The molecule has 4 bridgehead atoms. The Labute approximate surface area is 133 Å². The molecule has 0 aliphatic heterocycles. The maximum atomic E-state index is 12.7. The first kappa shape index (κ1) is 14.7. The monoisotopic (exact) mass is 303 g/mol. The Balaban J connectivity index is 1.35. The largest absolute Gasteiger partial charge is 0.353 e. The molecule has 0 aromatic carbocycles. The van der Waals surface area contributed by atoms with E-state index in [0.717, 1.165) is 37.5 Å². The van der Waals surface area contributed by atoms with Gasteiger partial charge in [-0.05, 0) is 69.6 Å². The number of fused-ring (bicyclic) bond motifs is 4. The van der Waals surface area contributed by atoms with Gasteiger partial charge in [0.05, 0.1) is 0 Å². The van der Waals surface area contributed by atoms with Crippen molar-refractivity contribution in [2.24, 2.45) is 35.5 Å². The fraction of sp³-hybridized carbons (Fsp3) is 0.895. The molecule has 1 amide bonds. The lowest BCUT2D eigenvalue weighted by molar-refractivity contribution is -0.138. The number of rotatable bonds is 3. The number of hydrogen-bond acceptors (Lipinski definition) is 2. The van der Waals surface area contributed by atoms with Gasteiger partial charge in [0.15, 0.2) is 0 Å². The zero-order valence-electron chi connectivity index (χ0n) is 13.7. The highest BCUT2D eigenvalue weighted by Crippen LogP contribution is 2.49. The van der Waals surface area contributed by atoms with Gasteiger partial charge in [-0.3, -0.25) is 9.59 Å². The van der Waals surface area contributed by atoms with E-state index in [-0.39, 0.29) is 23.7 Å². The maximum absolute atomic E-state index is 12.7. The SMILES string of the molecule is C[C@H](NC(=O)C1C[C@H]2CCC[C@@H](C1)C2=O)[C@@H]1C[C@H]2CC[C@H]1C2. The maximum Gasteiger partial charge on any atom is 0.223 e. The van der Waals surface area contributed by atoms with E-state index in [0.29, 0.717) is 17.7 Å². The summed E-state index contributed by atoms with van der Waals surface area (Å²) in [5, 5.41) is 3.33. The molecule has 4 aliphatic rings. The van der Waals surface area contributed by atoms with Crippen molar-refractivity contribution in [2.45, 2.75) is 70.8 Å². The van der Waals surface area contributed by atoms with E-state index in [2.05, 4.69) is 12.2 Å². The minimum atomic E-state index is 0.0917. The van der Waals surface area contributed by atoms with Crippen LogP contribution in [0.5, 0.6) is 0 Å². The van der Waals surface area contributed by atoms with Crippen LogP contribution in [-0.2, 0) is 9.59 Å². The van der Waals surface area contributed by atoms with Crippen LogP contribution in [0.25, 0.3) is 0 Å². The summed E-state index contributed by atoms with van der Waals surface area (Å²) in [7, 11) is 0. The van der Waals surface area contributed by atoms with Gasteiger partial charge in [0.2, 0.25) is 5.91 Å². The van der Waals surface area contributed by atoms with Crippen LogP contribution in [0, 0.1) is 35.5 Å². The molecule has 0 spiro atoms. The van der Waals surface area contributed by atoms with E-state index < -0.39 is 0 Å². The van der Waals surface area contributed by atoms with Crippen molar-refractivity contribution < 1.29 is 9.59 Å². The van der Waals surface area contributed by atoms with Gasteiger partial charge in [-0.1, -0.05) is 12.8 Å². The Morgan fingerprint density at radius 1 is 1.05 bits per heavy atom. The molecular formula is C19H29NO2. The third kappa shape index (κ3) is 2.51. The van der Waals surface area contributed by atoms with Crippen molar-refractivity contribution in [3.8, 4) is 0 Å². The summed E-state index contributed by atoms with van der Waals surface area (Å²) >= 11 is 0. The molecule has 1 N–H and O–H groups in total. The van der Waals surface area contributed by atoms with Crippen molar-refractivity contribution in [2.75, 3.05) is 0 Å². The number of nitrogens with one attached hydrogen (secondary N) is 1. The van der Waals surface area contributed by atoms with Gasteiger partial charge in [-0.2, -0.15) is 0 Å². The number of hydrogen-bond donors (Lipinski definition) is 1. The van der Waals surface area contributed by atoms with Gasteiger partial charge >= 0.3 is 0 Å². The highest BCUT2D eigenvalue weighted by atomic mass is 16.2. The molecule has 1 unspecified atom stereocenters. The van der Waals surface area contributed by atoms with Crippen LogP contribution in [0.15, 0.2) is 0 Å². The van der Waals surface area contributed by atoms with E-state index >= 15 is 0 Å². The Hall–Kier alpha value is -0.860. The topological polar surface area (TPSA) is 46.2 Å². The third-order valence-electron chi connectivity index (χ3n) is 7.22. The summed E-state index contributed by atoms with van der Waals surface area (Å²) in [6, 6.07) is 0.320. The van der Waals surface area contributed by atoms with Gasteiger partial charge in [0.1, 0.15) is 5.78 Å². The molecule has 0 aromatic rings. The van der Waals surface area contributed by atoms with Crippen molar-refractivity contribution in [3.05, 3.63) is 0 Å². The number of ketones is 1. The van der Waals surface area contributed by atoms with Gasteiger partial charge in [0, 0.05) is 23.8 Å². The minimum absolute atomic E-state index is 0.0917. The Morgan fingerprint density at radius 3 is 2.36 bits per heavy atom. The molecule has 0 heterocycles. The van der Waals surface area contributed by atoms with Crippen molar-refractivity contribution in [1.82, 2.24) is 5.32 Å². The summed E-state index contributed by atoms with van der Waals surface area (Å²) < 4.78 is 0. The normalized spacial score (nSPS) is 44.9. The highest BCUT2D eigenvalue weighted by Gasteiger charge is 2.44. The molecule has 4 saturated carbocycles. The van der Waals surface area contributed by atoms with Crippen LogP contribution in [0.4, 0.5) is 0 Å². The summed E-state index contributed by atoms with van der Waals surface area (Å²) in [5.74, 6) is 3.63. The first-order valence-corrected chi connectivity index (χ1v) is 9.46. The van der Waals surface area contributed by atoms with Crippen LogP contribution in [0.3, 0.4) is 0 Å². The van der Waals surface area contributed by atoms with Crippen LogP contribution in [0.2, 0.25) is 0 Å². The third-order valence-corrected chi connectivity index (χ3v) is 7.22. The first-order chi connectivity index (χ1) is 10.6. The fourth-order valence-corrected chi connectivity index (χ4v) is 6.05. The second-order valence-corrected chi connectivity index (χ2v) is 8.53. The van der Waals surface area contributed by atoms with Crippen molar-refractivity contribution in [1.29, 1.82) is 0 Å². The standard InChI is InChI=1S/C19H29NO2/c1-11(17-8-12-5-6-13(17)7-12)20-19(22)16-9-14-3-2-4-15(10-16)18(14)21/h11-17H,2-10H2,1H3,(H,20,22)/t11-,12-,13-,14-,15+,16?,17-/m0/s1. The van der Waals surface area contributed by atoms with Crippen LogP contribution < -0.4 is 5.32 Å². The van der Waals surface area contributed by atoms with E-state index in [1.54, 1.807) is 0 Å². The van der Waals surface area contributed by atoms with Crippen LogP contribution >= 0.6 is 0 Å². The number of carbonyl (C=O) groups excluding carboxylic acids is 2. The smallest absolute Gasteiger partial charge is 0.223 e. The molecule has 3 heteroatoms. The first-order valence-electron chi connectivity index (χ1n) is 9.46. The minimum Gasteiger partial charge on any atom is -0.353 e. The van der Waals surface area contributed by atoms with E-state index in [1.807, 2.05) is 0 Å². The van der Waals surface area contributed by atoms with Crippen molar-refractivity contribution in [3.63, 3.8) is 0 Å². The Kier molecular flexibility index (Phi) is 3.78. The predicted molar refractivity (Wildman–Crippen MR) is 85.1 cm³/mol. The lowest BCUT2D eigenvalue weighted by atomic mass is 9.67. The highest BCUT2D eigenvalue weighted by molar-refractivity contribution is 5.88. The molecule has 7 atom stereocenters. The van der Waals surface area contributed by atoms with E-state index in [1.165, 1.54) is 32.1 Å². The van der Waals surface area contributed by atoms with Gasteiger partial charge in [0.25, 0.3) is 0 Å². The zero-order chi connectivity index (χ0) is 15.3. The summed E-state index contributed by atoms with van der Waals surface area (Å²) in [6.07, 6.45) is 10.3. The lowest BCUT2D eigenvalue weighted by Crippen LogP contribution is -2.47. The van der Waals surface area contributed by atoms with Gasteiger partial charge < -0.3 is 5.32 Å². The van der Waals surface area contributed by atoms with Crippen LogP contribution in [-0.4, -0.2) is 17.7 Å². The molecule has 4 fully saturated rings. The molecule has 3 nitrogen and oxygen atoms in total. The average molecular weight is 303 g/mol. The number of Topliss-reactive ketones (excluding diaryl/α,β-unsaturated/α-hetero) is 1. The number of amides is 1. The predicted octanol–water partition coefficient (Wildman–Crippen LogP) is 3.32. The van der Waals surface area contributed by atoms with Gasteiger partial charge in [-0.25, -0.2) is 0 Å². The molecule has 4 rings (SSSR count). The Morgan fingerprint density at radius 2 is 1.77 bits per heavy atom. The second-order valence-electron chi connectivity index (χ2n) is 8.53. The van der Waals surface area contributed by atoms with Gasteiger partial charge in [-0.15, -0.1) is 0 Å². The average Bonchev–Trinajstić information content (AvgIpc) is 3.09. The molecular weight excluding hydrogens is 274 g/mol. The lowest BCUT2D eigenvalue weighted by Gasteiger charge is -2.38. The molecule has 122 valence electrons. The molecule has 0 aromatic heterocycles. The molecule has 4 aliphatic carbocycles. The summed E-state index contributed by atoms with van der Waals surface area (Å²) in [4.78, 5) is 24.8. The van der Waals surface area contributed by atoms with E-state index in [9.17, 15) is 9.59 Å². The second kappa shape index (κ2) is 5.65. The summed E-state index contributed by atoms with van der Waals surface area (Å²) in [6.45, 7) is 2.21. The zero-order valence-corrected chi connectivity index (χ0v) is 13.7. The molecule has 0 radical (unpaired) electrons.